The molecule has 2 heterocycles. The summed E-state index contributed by atoms with van der Waals surface area (Å²) in [5.74, 6) is -1.87. The molecule has 0 radical (unpaired) electrons. The zero-order valence-corrected chi connectivity index (χ0v) is 15.6. The van der Waals surface area contributed by atoms with E-state index < -0.39 is 35.2 Å². The molecule has 2 aliphatic heterocycles. The largest absolute Gasteiger partial charge is 0.365 e. The summed E-state index contributed by atoms with van der Waals surface area (Å²) in [6.45, 7) is 1.33. The van der Waals surface area contributed by atoms with Gasteiger partial charge in [-0.15, -0.1) is 0 Å². The number of fused-ring (bicyclic) bond motifs is 1. The monoisotopic (exact) mass is 416 g/mol. The summed E-state index contributed by atoms with van der Waals surface area (Å²) < 4.78 is 21.0. The molecule has 0 N–H and O–H groups in total. The van der Waals surface area contributed by atoms with Crippen molar-refractivity contribution in [1.82, 2.24) is 10.1 Å². The predicted molar refractivity (Wildman–Crippen MR) is 87.3 cm³/mol. The minimum absolute atomic E-state index is 0.0551. The first-order chi connectivity index (χ1) is 11.8. The first kappa shape index (κ1) is 18.2. The second-order valence-electron chi connectivity index (χ2n) is 6.01. The highest BCUT2D eigenvalue weighted by Gasteiger charge is 2.63. The number of carbonyl (C=O) groups is 2. The van der Waals surface area contributed by atoms with Gasteiger partial charge in [0.15, 0.2) is 0 Å². The molecule has 9 heteroatoms. The Labute approximate surface area is 152 Å². The average molecular weight is 417 g/mol. The third-order valence-electron chi connectivity index (χ3n) is 4.72. The molecular formula is C16H18BrFN2O5. The highest BCUT2D eigenvalue weighted by Crippen LogP contribution is 2.50. The van der Waals surface area contributed by atoms with Gasteiger partial charge in [0.2, 0.25) is 5.91 Å². The minimum atomic E-state index is -1.21. The molecule has 0 aliphatic carbocycles. The SMILES string of the molecule is CON(C)C(=O)C1OCC2(c3cc(Br)ccc3F)C1CON2C(C)=O. The molecule has 0 spiro atoms. The van der Waals surface area contributed by atoms with Crippen LogP contribution >= 0.6 is 15.9 Å². The van der Waals surface area contributed by atoms with Gasteiger partial charge in [-0.05, 0) is 18.2 Å². The predicted octanol–water partition coefficient (Wildman–Crippen LogP) is 1.61. The Balaban J connectivity index is 2.10. The van der Waals surface area contributed by atoms with Crippen LogP contribution in [0.1, 0.15) is 12.5 Å². The van der Waals surface area contributed by atoms with Gasteiger partial charge in [0.25, 0.3) is 5.91 Å². The van der Waals surface area contributed by atoms with Crippen LogP contribution in [0, 0.1) is 11.7 Å². The summed E-state index contributed by atoms with van der Waals surface area (Å²) in [4.78, 5) is 35.1. The number of hydrogen-bond donors (Lipinski definition) is 0. The van der Waals surface area contributed by atoms with Crippen molar-refractivity contribution in [2.75, 3.05) is 27.4 Å². The van der Waals surface area contributed by atoms with E-state index in [1.807, 2.05) is 0 Å². The van der Waals surface area contributed by atoms with Gasteiger partial charge in [0.05, 0.1) is 26.2 Å². The molecular weight excluding hydrogens is 399 g/mol. The van der Waals surface area contributed by atoms with Crippen LogP contribution < -0.4 is 0 Å². The van der Waals surface area contributed by atoms with Crippen LogP contribution in [0.5, 0.6) is 0 Å². The van der Waals surface area contributed by atoms with Crippen molar-refractivity contribution in [3.8, 4) is 0 Å². The van der Waals surface area contributed by atoms with Crippen LogP contribution in [-0.4, -0.2) is 55.4 Å². The molecule has 1 aromatic rings. The molecule has 3 rings (SSSR count). The number of halogens is 2. The summed E-state index contributed by atoms with van der Waals surface area (Å²) >= 11 is 3.33. The third-order valence-corrected chi connectivity index (χ3v) is 5.21. The highest BCUT2D eigenvalue weighted by atomic mass is 79.9. The molecule has 136 valence electrons. The van der Waals surface area contributed by atoms with Crippen molar-refractivity contribution >= 4 is 27.7 Å². The van der Waals surface area contributed by atoms with E-state index in [1.54, 1.807) is 12.1 Å². The van der Waals surface area contributed by atoms with Crippen molar-refractivity contribution in [3.05, 3.63) is 34.1 Å². The topological polar surface area (TPSA) is 68.3 Å². The number of hydrogen-bond acceptors (Lipinski definition) is 5. The second-order valence-corrected chi connectivity index (χ2v) is 6.93. The lowest BCUT2D eigenvalue weighted by Crippen LogP contribution is -2.49. The van der Waals surface area contributed by atoms with Crippen molar-refractivity contribution in [2.45, 2.75) is 18.6 Å². The summed E-state index contributed by atoms with van der Waals surface area (Å²) in [5.41, 5.74) is -0.968. The van der Waals surface area contributed by atoms with Gasteiger partial charge in [-0.2, -0.15) is 0 Å². The maximum atomic E-state index is 14.7. The van der Waals surface area contributed by atoms with E-state index in [1.165, 1.54) is 27.1 Å². The Morgan fingerprint density at radius 3 is 2.84 bits per heavy atom. The average Bonchev–Trinajstić information content (AvgIpc) is 3.13. The molecule has 0 saturated carbocycles. The van der Waals surface area contributed by atoms with Crippen molar-refractivity contribution in [3.63, 3.8) is 0 Å². The van der Waals surface area contributed by atoms with Crippen LogP contribution in [0.2, 0.25) is 0 Å². The lowest BCUT2D eigenvalue weighted by atomic mass is 9.78. The second kappa shape index (κ2) is 6.64. The number of hydroxylamine groups is 4. The van der Waals surface area contributed by atoms with E-state index in [9.17, 15) is 14.0 Å². The molecule has 3 unspecified atom stereocenters. The molecule has 7 nitrogen and oxygen atoms in total. The van der Waals surface area contributed by atoms with E-state index in [0.29, 0.717) is 4.47 Å². The van der Waals surface area contributed by atoms with Crippen molar-refractivity contribution in [2.24, 2.45) is 5.92 Å². The van der Waals surface area contributed by atoms with Gasteiger partial charge in [0, 0.05) is 24.0 Å². The lowest BCUT2D eigenvalue weighted by molar-refractivity contribution is -0.196. The first-order valence-corrected chi connectivity index (χ1v) is 8.44. The normalized spacial score (nSPS) is 28.1. The van der Waals surface area contributed by atoms with E-state index in [4.69, 9.17) is 14.4 Å². The van der Waals surface area contributed by atoms with Crippen LogP contribution in [0.4, 0.5) is 4.39 Å². The van der Waals surface area contributed by atoms with Gasteiger partial charge in [0.1, 0.15) is 17.5 Å². The zero-order valence-electron chi connectivity index (χ0n) is 14.0. The standard InChI is InChI=1S/C16H18BrFN2O5/c1-9(21)20-16(11-6-10(17)4-5-13(11)18)8-24-14(12(16)7-25-20)15(22)19(2)23-3/h4-6,12,14H,7-8H2,1-3H3. The van der Waals surface area contributed by atoms with E-state index in [2.05, 4.69) is 15.9 Å². The number of nitrogens with zero attached hydrogens (tertiary/aromatic N) is 2. The van der Waals surface area contributed by atoms with Crippen LogP contribution in [-0.2, 0) is 29.5 Å². The van der Waals surface area contributed by atoms with Gasteiger partial charge >= 0.3 is 0 Å². The third kappa shape index (κ3) is 2.75. The van der Waals surface area contributed by atoms with Gasteiger partial charge in [-0.1, -0.05) is 15.9 Å². The first-order valence-electron chi connectivity index (χ1n) is 7.65. The summed E-state index contributed by atoms with van der Waals surface area (Å²) in [6, 6.07) is 4.46. The fraction of sp³-hybridized carbons (Fsp3) is 0.500. The van der Waals surface area contributed by atoms with Crippen LogP contribution in [0.15, 0.2) is 22.7 Å². The van der Waals surface area contributed by atoms with E-state index in [0.717, 1.165) is 10.1 Å². The van der Waals surface area contributed by atoms with E-state index in [-0.39, 0.29) is 18.8 Å². The molecule has 0 bridgehead atoms. The van der Waals surface area contributed by atoms with E-state index >= 15 is 0 Å². The number of likely N-dealkylation sites (N-methyl/N-ethyl adjacent to an activating group) is 1. The Kier molecular flexibility index (Phi) is 4.84. The Morgan fingerprint density at radius 2 is 2.20 bits per heavy atom. The van der Waals surface area contributed by atoms with Gasteiger partial charge in [-0.25, -0.2) is 14.5 Å². The maximum Gasteiger partial charge on any atom is 0.275 e. The molecule has 25 heavy (non-hydrogen) atoms. The van der Waals surface area contributed by atoms with Crippen LogP contribution in [0.3, 0.4) is 0 Å². The Bertz CT molecular complexity index is 718. The minimum Gasteiger partial charge on any atom is -0.365 e. The molecule has 2 amide bonds. The number of benzene rings is 1. The Morgan fingerprint density at radius 1 is 1.48 bits per heavy atom. The quantitative estimate of drug-likeness (QED) is 0.700. The summed E-state index contributed by atoms with van der Waals surface area (Å²) in [6.07, 6.45) is -0.910. The summed E-state index contributed by atoms with van der Waals surface area (Å²) in [7, 11) is 2.82. The Hall–Kier alpha value is -1.55. The summed E-state index contributed by atoms with van der Waals surface area (Å²) in [5, 5.41) is 2.18. The maximum absolute atomic E-state index is 14.7. The highest BCUT2D eigenvalue weighted by molar-refractivity contribution is 9.10. The number of rotatable bonds is 3. The number of amides is 2. The van der Waals surface area contributed by atoms with Crippen LogP contribution in [0.25, 0.3) is 0 Å². The fourth-order valence-corrected chi connectivity index (χ4v) is 3.86. The smallest absolute Gasteiger partial charge is 0.275 e. The van der Waals surface area contributed by atoms with Crippen molar-refractivity contribution in [1.29, 1.82) is 0 Å². The number of ether oxygens (including phenoxy) is 1. The lowest BCUT2D eigenvalue weighted by Gasteiger charge is -2.35. The van der Waals surface area contributed by atoms with Gasteiger partial charge in [-0.3, -0.25) is 19.3 Å². The number of carbonyl (C=O) groups excluding carboxylic acids is 2. The molecule has 1 aromatic carbocycles. The molecule has 2 aliphatic rings. The van der Waals surface area contributed by atoms with Gasteiger partial charge < -0.3 is 4.74 Å². The molecule has 2 saturated heterocycles. The molecule has 2 fully saturated rings. The molecule has 3 atom stereocenters. The zero-order chi connectivity index (χ0) is 18.4. The fourth-order valence-electron chi connectivity index (χ4n) is 3.50. The van der Waals surface area contributed by atoms with Crippen molar-refractivity contribution < 1.29 is 28.4 Å². The molecule has 0 aromatic heterocycles.